The molecule has 7 nitrogen and oxygen atoms in total. The summed E-state index contributed by atoms with van der Waals surface area (Å²) in [5.41, 5.74) is 0.785. The zero-order valence-corrected chi connectivity index (χ0v) is 16.8. The molecule has 2 aromatic carbocycles. The molecule has 9 heteroatoms. The number of hydrogen-bond acceptors (Lipinski definition) is 4. The van der Waals surface area contributed by atoms with Gasteiger partial charge in [0.2, 0.25) is 0 Å². The maximum Gasteiger partial charge on any atom is 0.335 e. The molecule has 0 saturated heterocycles. The molecule has 3 aromatic rings. The summed E-state index contributed by atoms with van der Waals surface area (Å²) < 4.78 is 7.27. The molecule has 0 spiro atoms. The Morgan fingerprint density at radius 3 is 2.41 bits per heavy atom. The fourth-order valence-electron chi connectivity index (χ4n) is 2.76. The topological polar surface area (TPSA) is 93.5 Å². The first-order valence-corrected chi connectivity index (χ1v) is 9.29. The molecular weight excluding hydrogens is 417 g/mol. The predicted octanol–water partition coefficient (Wildman–Crippen LogP) is 3.71. The molecule has 0 aliphatic heterocycles. The lowest BCUT2D eigenvalue weighted by atomic mass is 10.1. The summed E-state index contributed by atoms with van der Waals surface area (Å²) in [5.74, 6) is -0.886. The minimum Gasteiger partial charge on any atom is -0.481 e. The third-order valence-corrected chi connectivity index (χ3v) is 4.71. The summed E-state index contributed by atoms with van der Waals surface area (Å²) in [6.45, 7) is -0.361. The molecule has 0 aliphatic carbocycles. The van der Waals surface area contributed by atoms with Crippen LogP contribution in [0.2, 0.25) is 10.0 Å². The Labute approximate surface area is 176 Å². The van der Waals surface area contributed by atoms with Crippen molar-refractivity contribution in [1.82, 2.24) is 14.9 Å². The third kappa shape index (κ3) is 4.88. The highest BCUT2D eigenvalue weighted by Gasteiger charge is 2.21. The van der Waals surface area contributed by atoms with Gasteiger partial charge in [-0.25, -0.2) is 9.78 Å². The first-order chi connectivity index (χ1) is 13.9. The van der Waals surface area contributed by atoms with E-state index in [1.807, 2.05) is 41.9 Å². The van der Waals surface area contributed by atoms with Gasteiger partial charge in [0, 0.05) is 19.4 Å². The van der Waals surface area contributed by atoms with Gasteiger partial charge in [0.15, 0.2) is 12.4 Å². The predicted molar refractivity (Wildman–Crippen MR) is 109 cm³/mol. The fraction of sp³-hybridized carbons (Fsp3) is 0.150. The van der Waals surface area contributed by atoms with Crippen LogP contribution in [0.15, 0.2) is 54.9 Å². The second-order valence-corrected chi connectivity index (χ2v) is 6.98. The molecule has 1 unspecified atom stereocenters. The van der Waals surface area contributed by atoms with Gasteiger partial charge in [0.25, 0.3) is 5.91 Å². The molecule has 1 amide bonds. The number of aryl methyl sites for hydroxylation is 1. The number of nitrogens with zero attached hydrogens (tertiary/aromatic N) is 2. The molecule has 1 atom stereocenters. The number of ether oxygens (including phenoxy) is 1. The Morgan fingerprint density at radius 2 is 1.86 bits per heavy atom. The van der Waals surface area contributed by atoms with Gasteiger partial charge in [-0.1, -0.05) is 53.5 Å². The van der Waals surface area contributed by atoms with Crippen LogP contribution in [-0.2, 0) is 11.8 Å². The van der Waals surface area contributed by atoms with Gasteiger partial charge in [0.1, 0.15) is 11.9 Å². The Hall–Kier alpha value is -3.03. The van der Waals surface area contributed by atoms with Crippen molar-refractivity contribution in [2.75, 3.05) is 6.61 Å². The highest BCUT2D eigenvalue weighted by molar-refractivity contribution is 6.37. The van der Waals surface area contributed by atoms with Crippen LogP contribution in [0.5, 0.6) is 5.75 Å². The molecule has 29 heavy (non-hydrogen) atoms. The van der Waals surface area contributed by atoms with Gasteiger partial charge < -0.3 is 19.7 Å². The van der Waals surface area contributed by atoms with Gasteiger partial charge in [-0.3, -0.25) is 4.79 Å². The first kappa shape index (κ1) is 20.7. The summed E-state index contributed by atoms with van der Waals surface area (Å²) >= 11 is 12.1. The molecule has 0 saturated carbocycles. The number of halogens is 2. The molecule has 1 aromatic heterocycles. The normalized spacial score (nSPS) is 11.7. The fourth-order valence-corrected chi connectivity index (χ4v) is 3.36. The smallest absolute Gasteiger partial charge is 0.335 e. The van der Waals surface area contributed by atoms with E-state index in [4.69, 9.17) is 33.0 Å². The number of amides is 1. The first-order valence-electron chi connectivity index (χ1n) is 8.53. The third-order valence-electron chi connectivity index (χ3n) is 4.15. The second-order valence-electron chi connectivity index (χ2n) is 6.17. The quantitative estimate of drug-likeness (QED) is 0.592. The zero-order valence-electron chi connectivity index (χ0n) is 15.3. The highest BCUT2D eigenvalue weighted by atomic mass is 35.5. The number of benzene rings is 2. The van der Waals surface area contributed by atoms with Crippen LogP contribution in [0.25, 0.3) is 0 Å². The number of nitrogens with one attached hydrogen (secondary N) is 1. The molecule has 2 N–H and O–H groups in total. The van der Waals surface area contributed by atoms with Crippen molar-refractivity contribution in [3.05, 3.63) is 81.9 Å². The number of hydrogen-bond donors (Lipinski definition) is 2. The van der Waals surface area contributed by atoms with E-state index >= 15 is 0 Å². The van der Waals surface area contributed by atoms with E-state index in [-0.39, 0.29) is 28.0 Å². The standard InChI is InChI=1S/C20H17Cl2N3O4/c1-25-8-7-23-19(25)17(12-5-3-2-4-6-12)24-16(26)11-29-18-14(21)9-13(20(27)28)10-15(18)22/h2-10,17H,11H2,1H3,(H,24,26)(H,27,28). The number of carbonyl (C=O) groups is 2. The minimum absolute atomic E-state index is 0.00594. The molecule has 150 valence electrons. The van der Waals surface area contributed by atoms with E-state index in [0.717, 1.165) is 5.56 Å². The Bertz CT molecular complexity index is 1010. The monoisotopic (exact) mass is 433 g/mol. The molecule has 0 fully saturated rings. The van der Waals surface area contributed by atoms with Crippen molar-refractivity contribution >= 4 is 35.1 Å². The van der Waals surface area contributed by atoms with E-state index in [1.54, 1.807) is 12.4 Å². The number of carboxylic acid groups (broad SMARTS) is 1. The van der Waals surface area contributed by atoms with Crippen LogP contribution >= 0.6 is 23.2 Å². The summed E-state index contributed by atoms with van der Waals surface area (Å²) in [6.07, 6.45) is 3.44. The van der Waals surface area contributed by atoms with Crippen LogP contribution in [0, 0.1) is 0 Å². The zero-order chi connectivity index (χ0) is 21.0. The average molecular weight is 434 g/mol. The Morgan fingerprint density at radius 1 is 1.21 bits per heavy atom. The number of aromatic nitrogens is 2. The van der Waals surface area contributed by atoms with Crippen molar-refractivity contribution in [3.8, 4) is 5.75 Å². The lowest BCUT2D eigenvalue weighted by molar-refractivity contribution is -0.123. The maximum absolute atomic E-state index is 12.6. The van der Waals surface area contributed by atoms with Crippen LogP contribution in [0.1, 0.15) is 27.8 Å². The van der Waals surface area contributed by atoms with Crippen molar-refractivity contribution in [3.63, 3.8) is 0 Å². The van der Waals surface area contributed by atoms with Gasteiger partial charge in [-0.15, -0.1) is 0 Å². The number of imidazole rings is 1. The summed E-state index contributed by atoms with van der Waals surface area (Å²) in [7, 11) is 1.84. The van der Waals surface area contributed by atoms with Gasteiger partial charge >= 0.3 is 5.97 Å². The maximum atomic E-state index is 12.6. The largest absolute Gasteiger partial charge is 0.481 e. The molecular formula is C20H17Cl2N3O4. The van der Waals surface area contributed by atoms with Gasteiger partial charge in [-0.05, 0) is 17.7 Å². The molecule has 0 radical (unpaired) electrons. The van der Waals surface area contributed by atoms with Gasteiger partial charge in [0.05, 0.1) is 15.6 Å². The van der Waals surface area contributed by atoms with Crippen LogP contribution in [-0.4, -0.2) is 33.1 Å². The molecule has 3 rings (SSSR count). The SMILES string of the molecule is Cn1ccnc1C(NC(=O)COc1c(Cl)cc(C(=O)O)cc1Cl)c1ccccc1. The summed E-state index contributed by atoms with van der Waals surface area (Å²) in [6, 6.07) is 11.3. The highest BCUT2D eigenvalue weighted by Crippen LogP contribution is 2.34. The van der Waals surface area contributed by atoms with E-state index in [2.05, 4.69) is 10.3 Å². The van der Waals surface area contributed by atoms with Gasteiger partial charge in [-0.2, -0.15) is 0 Å². The van der Waals surface area contributed by atoms with E-state index < -0.39 is 17.9 Å². The van der Waals surface area contributed by atoms with Crippen molar-refractivity contribution in [2.45, 2.75) is 6.04 Å². The van der Waals surface area contributed by atoms with E-state index in [9.17, 15) is 9.59 Å². The van der Waals surface area contributed by atoms with Crippen LogP contribution in [0.3, 0.4) is 0 Å². The van der Waals surface area contributed by atoms with Crippen molar-refractivity contribution < 1.29 is 19.4 Å². The number of rotatable bonds is 7. The van der Waals surface area contributed by atoms with E-state index in [0.29, 0.717) is 5.82 Å². The number of carboxylic acids is 1. The minimum atomic E-state index is -1.17. The lowest BCUT2D eigenvalue weighted by Gasteiger charge is -2.19. The molecule has 0 bridgehead atoms. The van der Waals surface area contributed by atoms with E-state index in [1.165, 1.54) is 12.1 Å². The lowest BCUT2D eigenvalue weighted by Crippen LogP contribution is -2.34. The molecule has 1 heterocycles. The molecule has 0 aliphatic rings. The Kier molecular flexibility index (Phi) is 6.41. The van der Waals surface area contributed by atoms with Crippen LogP contribution in [0.4, 0.5) is 0 Å². The van der Waals surface area contributed by atoms with Crippen molar-refractivity contribution in [2.24, 2.45) is 7.05 Å². The second kappa shape index (κ2) is 8.98. The Balaban J connectivity index is 1.75. The average Bonchev–Trinajstić information content (AvgIpc) is 3.11. The van der Waals surface area contributed by atoms with Crippen LogP contribution < -0.4 is 10.1 Å². The number of carbonyl (C=O) groups excluding carboxylic acids is 1. The van der Waals surface area contributed by atoms with Crippen molar-refractivity contribution in [1.29, 1.82) is 0 Å². The summed E-state index contributed by atoms with van der Waals surface area (Å²) in [4.78, 5) is 27.9. The summed E-state index contributed by atoms with van der Waals surface area (Å²) in [5, 5.41) is 11.9. The number of aromatic carboxylic acids is 1.